The van der Waals surface area contributed by atoms with Gasteiger partial charge < -0.3 is 0 Å². The van der Waals surface area contributed by atoms with Gasteiger partial charge in [-0.1, -0.05) is 104 Å². The number of benzene rings is 4. The largest absolute Gasteiger partial charge is 0.0616 e. The minimum absolute atomic E-state index is 1.20. The zero-order valence-electron chi connectivity index (χ0n) is 16.0. The van der Waals surface area contributed by atoms with Crippen LogP contribution in [0, 0.1) is 0 Å². The Balaban J connectivity index is 1.16. The molecule has 0 fully saturated rings. The molecule has 0 aromatic heterocycles. The number of aryl methyl sites for hydroxylation is 2. The first-order chi connectivity index (χ1) is 13.4. The summed E-state index contributed by atoms with van der Waals surface area (Å²) in [6.07, 6.45) is 9.03. The first-order valence-electron chi connectivity index (χ1n) is 10.3. The Morgan fingerprint density at radius 3 is 1.26 bits per heavy atom. The zero-order chi connectivity index (χ0) is 18.3. The van der Waals surface area contributed by atoms with Gasteiger partial charge in [-0.2, -0.15) is 0 Å². The molecule has 27 heavy (non-hydrogen) atoms. The molecule has 4 rings (SSSR count). The fraction of sp³-hybridized carbons (Fsp3) is 0.259. The predicted molar refractivity (Wildman–Crippen MR) is 118 cm³/mol. The molecular weight excluding hydrogens is 324 g/mol. The van der Waals surface area contributed by atoms with Crippen LogP contribution in [0.15, 0.2) is 84.9 Å². The van der Waals surface area contributed by atoms with Gasteiger partial charge in [-0.15, -0.1) is 0 Å². The molecule has 0 radical (unpaired) electrons. The highest BCUT2D eigenvalue weighted by molar-refractivity contribution is 5.83. The molecule has 0 amide bonds. The highest BCUT2D eigenvalue weighted by Crippen LogP contribution is 2.19. The second-order valence-electron chi connectivity index (χ2n) is 7.63. The molecule has 0 aliphatic rings. The Morgan fingerprint density at radius 2 is 0.778 bits per heavy atom. The summed E-state index contributed by atoms with van der Waals surface area (Å²) in [5.74, 6) is 0. The molecule has 0 saturated carbocycles. The number of unbranched alkanes of at least 4 members (excludes halogenated alkanes) is 4. The molecule has 0 heteroatoms. The number of hydrogen-bond acceptors (Lipinski definition) is 0. The van der Waals surface area contributed by atoms with Gasteiger partial charge in [0.15, 0.2) is 0 Å². The van der Waals surface area contributed by atoms with Crippen LogP contribution in [0.2, 0.25) is 0 Å². The van der Waals surface area contributed by atoms with Gasteiger partial charge in [0.25, 0.3) is 0 Å². The van der Waals surface area contributed by atoms with Crippen LogP contribution in [0.5, 0.6) is 0 Å². The SMILES string of the molecule is c1ccc2cc(CCCCCCCc3ccc4ccccc4c3)ccc2c1. The minimum Gasteiger partial charge on any atom is -0.0616 e. The van der Waals surface area contributed by atoms with Crippen LogP contribution in [0.3, 0.4) is 0 Å². The molecular formula is C27H28. The number of rotatable bonds is 8. The lowest BCUT2D eigenvalue weighted by Crippen LogP contribution is -1.89. The summed E-state index contributed by atoms with van der Waals surface area (Å²) < 4.78 is 0. The van der Waals surface area contributed by atoms with E-state index >= 15 is 0 Å². The second kappa shape index (κ2) is 8.86. The smallest absolute Gasteiger partial charge is 0.0181 e. The second-order valence-corrected chi connectivity index (χ2v) is 7.63. The van der Waals surface area contributed by atoms with E-state index in [1.807, 2.05) is 0 Å². The molecule has 0 aliphatic carbocycles. The van der Waals surface area contributed by atoms with E-state index in [0.29, 0.717) is 0 Å². The van der Waals surface area contributed by atoms with Gasteiger partial charge in [0.1, 0.15) is 0 Å². The van der Waals surface area contributed by atoms with Crippen molar-refractivity contribution in [3.63, 3.8) is 0 Å². The molecule has 4 aromatic carbocycles. The summed E-state index contributed by atoms with van der Waals surface area (Å²) in [6.45, 7) is 0. The van der Waals surface area contributed by atoms with Crippen molar-refractivity contribution in [1.82, 2.24) is 0 Å². The fourth-order valence-electron chi connectivity index (χ4n) is 3.98. The molecule has 0 saturated heterocycles. The molecule has 0 aliphatic heterocycles. The van der Waals surface area contributed by atoms with Crippen molar-refractivity contribution in [2.45, 2.75) is 44.9 Å². The summed E-state index contributed by atoms with van der Waals surface area (Å²) in [7, 11) is 0. The molecule has 0 nitrogen and oxygen atoms in total. The van der Waals surface area contributed by atoms with Gasteiger partial charge in [0.2, 0.25) is 0 Å². The van der Waals surface area contributed by atoms with Gasteiger partial charge in [-0.3, -0.25) is 0 Å². The average Bonchev–Trinajstić information content (AvgIpc) is 2.73. The summed E-state index contributed by atoms with van der Waals surface area (Å²) in [6, 6.07) is 31.1. The van der Waals surface area contributed by atoms with E-state index < -0.39 is 0 Å². The van der Waals surface area contributed by atoms with Gasteiger partial charge >= 0.3 is 0 Å². The average molecular weight is 353 g/mol. The maximum atomic E-state index is 2.36. The van der Waals surface area contributed by atoms with E-state index in [2.05, 4.69) is 84.9 Å². The molecule has 0 bridgehead atoms. The highest BCUT2D eigenvalue weighted by atomic mass is 14.0. The van der Waals surface area contributed by atoms with Crippen LogP contribution in [-0.4, -0.2) is 0 Å². The van der Waals surface area contributed by atoms with Gasteiger partial charge in [0.05, 0.1) is 0 Å². The van der Waals surface area contributed by atoms with Crippen LogP contribution in [0.25, 0.3) is 21.5 Å². The van der Waals surface area contributed by atoms with E-state index in [0.717, 1.165) is 0 Å². The third-order valence-corrected chi connectivity index (χ3v) is 5.56. The topological polar surface area (TPSA) is 0 Å². The molecule has 0 atom stereocenters. The van der Waals surface area contributed by atoms with E-state index in [-0.39, 0.29) is 0 Å². The zero-order valence-corrected chi connectivity index (χ0v) is 16.0. The molecule has 136 valence electrons. The van der Waals surface area contributed by atoms with Crippen LogP contribution in [0.4, 0.5) is 0 Å². The normalized spacial score (nSPS) is 11.3. The maximum absolute atomic E-state index is 2.36. The van der Waals surface area contributed by atoms with Crippen LogP contribution < -0.4 is 0 Å². The standard InChI is InChI=1S/C27H28/c1(2-4-10-22-16-18-24-12-6-8-14-26(24)20-22)3-5-11-23-17-19-25-13-7-9-15-27(25)21-23/h6-9,12-21H,1-5,10-11H2. The highest BCUT2D eigenvalue weighted by Gasteiger charge is 1.99. The van der Waals surface area contributed by atoms with Gasteiger partial charge in [-0.05, 0) is 58.4 Å². The summed E-state index contributed by atoms with van der Waals surface area (Å²) >= 11 is 0. The summed E-state index contributed by atoms with van der Waals surface area (Å²) in [5, 5.41) is 5.42. The Morgan fingerprint density at radius 1 is 0.370 bits per heavy atom. The van der Waals surface area contributed by atoms with Gasteiger partial charge in [-0.25, -0.2) is 0 Å². The number of fused-ring (bicyclic) bond motifs is 2. The van der Waals surface area contributed by atoms with Crippen molar-refractivity contribution in [3.8, 4) is 0 Å². The van der Waals surface area contributed by atoms with Crippen molar-refractivity contribution in [3.05, 3.63) is 96.1 Å². The van der Waals surface area contributed by atoms with Crippen molar-refractivity contribution >= 4 is 21.5 Å². The van der Waals surface area contributed by atoms with E-state index in [1.54, 1.807) is 0 Å². The fourth-order valence-corrected chi connectivity index (χ4v) is 3.98. The van der Waals surface area contributed by atoms with E-state index in [4.69, 9.17) is 0 Å². The van der Waals surface area contributed by atoms with E-state index in [9.17, 15) is 0 Å². The lowest BCUT2D eigenvalue weighted by molar-refractivity contribution is 0.614. The minimum atomic E-state index is 1.20. The summed E-state index contributed by atoms with van der Waals surface area (Å²) in [5.41, 5.74) is 2.95. The lowest BCUT2D eigenvalue weighted by Gasteiger charge is -2.06. The predicted octanol–water partition coefficient (Wildman–Crippen LogP) is 7.73. The quantitative estimate of drug-likeness (QED) is 0.285. The Hall–Kier alpha value is -2.60. The molecule has 0 unspecified atom stereocenters. The van der Waals surface area contributed by atoms with Crippen LogP contribution in [0.1, 0.15) is 43.2 Å². The maximum Gasteiger partial charge on any atom is -0.0181 e. The Labute approximate surface area is 162 Å². The van der Waals surface area contributed by atoms with Crippen molar-refractivity contribution in [1.29, 1.82) is 0 Å². The molecule has 0 spiro atoms. The molecule has 0 heterocycles. The third-order valence-electron chi connectivity index (χ3n) is 5.56. The Bertz CT molecular complexity index is 929. The van der Waals surface area contributed by atoms with Crippen LogP contribution >= 0.6 is 0 Å². The first-order valence-corrected chi connectivity index (χ1v) is 10.3. The van der Waals surface area contributed by atoms with Crippen molar-refractivity contribution in [2.75, 3.05) is 0 Å². The lowest BCUT2D eigenvalue weighted by atomic mass is 10.00. The number of hydrogen-bond donors (Lipinski definition) is 0. The molecule has 0 N–H and O–H groups in total. The molecule has 4 aromatic rings. The third kappa shape index (κ3) is 4.77. The van der Waals surface area contributed by atoms with Gasteiger partial charge in [0, 0.05) is 0 Å². The summed E-state index contributed by atoms with van der Waals surface area (Å²) in [4.78, 5) is 0. The monoisotopic (exact) mass is 352 g/mol. The van der Waals surface area contributed by atoms with Crippen molar-refractivity contribution in [2.24, 2.45) is 0 Å². The first kappa shape index (κ1) is 17.8. The van der Waals surface area contributed by atoms with Crippen molar-refractivity contribution < 1.29 is 0 Å². The van der Waals surface area contributed by atoms with Crippen LogP contribution in [-0.2, 0) is 12.8 Å². The Kier molecular flexibility index (Phi) is 5.84. The van der Waals surface area contributed by atoms with E-state index in [1.165, 1.54) is 77.6 Å².